The van der Waals surface area contributed by atoms with Gasteiger partial charge in [-0.3, -0.25) is 0 Å². The lowest BCUT2D eigenvalue weighted by molar-refractivity contribution is 0.0593. The van der Waals surface area contributed by atoms with Crippen molar-refractivity contribution in [1.29, 1.82) is 5.26 Å². The molecule has 2 heterocycles. The summed E-state index contributed by atoms with van der Waals surface area (Å²) in [7, 11) is 1.27. The number of hydrogen-bond acceptors (Lipinski definition) is 7. The van der Waals surface area contributed by atoms with Crippen LogP contribution >= 0.6 is 11.3 Å². The van der Waals surface area contributed by atoms with E-state index in [1.54, 1.807) is 4.57 Å². The number of nitrogens with zero attached hydrogens (tertiary/aromatic N) is 3. The van der Waals surface area contributed by atoms with Crippen molar-refractivity contribution in [2.45, 2.75) is 6.92 Å². The first-order chi connectivity index (χ1) is 11.0. The number of nitrogen functional groups attached to an aromatic ring is 2. The van der Waals surface area contributed by atoms with E-state index < -0.39 is 5.97 Å². The molecule has 0 saturated carbocycles. The van der Waals surface area contributed by atoms with Crippen LogP contribution in [-0.2, 0) is 4.74 Å². The number of aryl methyl sites for hydroxylation is 1. The van der Waals surface area contributed by atoms with Gasteiger partial charge >= 0.3 is 5.97 Å². The van der Waals surface area contributed by atoms with Gasteiger partial charge in [-0.2, -0.15) is 5.26 Å². The first kappa shape index (κ1) is 14.9. The maximum absolute atomic E-state index is 12.1. The number of ether oxygens (including phenoxy) is 1. The van der Waals surface area contributed by atoms with Gasteiger partial charge < -0.3 is 20.8 Å². The summed E-state index contributed by atoms with van der Waals surface area (Å²) in [5.74, 6) is -0.610. The SMILES string of the molecule is COC(=O)c1c(N)c(C#N)cn1-c1cc2nc(N)sc2cc1C. The average molecular weight is 327 g/mol. The second-order valence-electron chi connectivity index (χ2n) is 4.94. The lowest BCUT2D eigenvalue weighted by Gasteiger charge is -2.11. The third kappa shape index (κ3) is 2.27. The monoisotopic (exact) mass is 327 g/mol. The molecule has 0 aliphatic carbocycles. The lowest BCUT2D eigenvalue weighted by atomic mass is 10.2. The lowest BCUT2D eigenvalue weighted by Crippen LogP contribution is -2.11. The third-order valence-corrected chi connectivity index (χ3v) is 4.37. The van der Waals surface area contributed by atoms with Gasteiger partial charge in [0.05, 0.1) is 34.3 Å². The van der Waals surface area contributed by atoms with Crippen LogP contribution in [0.15, 0.2) is 18.3 Å². The molecule has 0 fully saturated rings. The van der Waals surface area contributed by atoms with Gasteiger partial charge in [-0.05, 0) is 24.6 Å². The van der Waals surface area contributed by atoms with E-state index in [4.69, 9.17) is 16.2 Å². The molecule has 0 saturated heterocycles. The summed E-state index contributed by atoms with van der Waals surface area (Å²) < 4.78 is 7.29. The summed E-state index contributed by atoms with van der Waals surface area (Å²) in [5.41, 5.74) is 14.4. The maximum atomic E-state index is 12.1. The van der Waals surface area contributed by atoms with Crippen molar-refractivity contribution >= 4 is 38.3 Å². The summed E-state index contributed by atoms with van der Waals surface area (Å²) in [5, 5.41) is 9.65. The maximum Gasteiger partial charge on any atom is 0.357 e. The van der Waals surface area contributed by atoms with E-state index in [2.05, 4.69) is 4.98 Å². The number of methoxy groups -OCH3 is 1. The number of carbonyl (C=O) groups is 1. The van der Waals surface area contributed by atoms with Crippen molar-refractivity contribution in [3.8, 4) is 11.8 Å². The fraction of sp³-hybridized carbons (Fsp3) is 0.133. The van der Waals surface area contributed by atoms with E-state index in [1.807, 2.05) is 25.1 Å². The largest absolute Gasteiger partial charge is 0.464 e. The first-order valence-corrected chi connectivity index (χ1v) is 7.44. The molecule has 0 spiro atoms. The Labute approximate surface area is 135 Å². The predicted octanol–water partition coefficient (Wildman–Crippen LogP) is 2.22. The van der Waals surface area contributed by atoms with E-state index in [0.29, 0.717) is 10.8 Å². The second kappa shape index (κ2) is 5.30. The van der Waals surface area contributed by atoms with E-state index in [-0.39, 0.29) is 16.9 Å². The molecule has 0 radical (unpaired) electrons. The topological polar surface area (TPSA) is 120 Å². The highest BCUT2D eigenvalue weighted by Gasteiger charge is 2.23. The van der Waals surface area contributed by atoms with Crippen molar-refractivity contribution in [3.05, 3.63) is 35.2 Å². The number of nitriles is 1. The number of esters is 1. The van der Waals surface area contributed by atoms with E-state index >= 15 is 0 Å². The van der Waals surface area contributed by atoms with E-state index in [9.17, 15) is 10.1 Å². The number of carbonyl (C=O) groups excluding carboxylic acids is 1. The molecule has 0 bridgehead atoms. The number of aromatic nitrogens is 2. The molecule has 0 unspecified atom stereocenters. The van der Waals surface area contributed by atoms with Crippen LogP contribution in [0.1, 0.15) is 21.6 Å². The molecular formula is C15H13N5O2S. The molecule has 7 nitrogen and oxygen atoms in total. The first-order valence-electron chi connectivity index (χ1n) is 6.62. The summed E-state index contributed by atoms with van der Waals surface area (Å²) in [4.78, 5) is 16.3. The predicted molar refractivity (Wildman–Crippen MR) is 88.6 cm³/mol. The normalized spacial score (nSPS) is 10.7. The zero-order chi connectivity index (χ0) is 16.7. The fourth-order valence-electron chi connectivity index (χ4n) is 2.45. The van der Waals surface area contributed by atoms with Crippen LogP contribution in [0.4, 0.5) is 10.8 Å². The Balaban J connectivity index is 2.32. The summed E-state index contributed by atoms with van der Waals surface area (Å²) in [6.45, 7) is 1.90. The van der Waals surface area contributed by atoms with Crippen molar-refractivity contribution in [2.75, 3.05) is 18.6 Å². The number of benzene rings is 1. The van der Waals surface area contributed by atoms with Crippen LogP contribution in [0.2, 0.25) is 0 Å². The Morgan fingerprint density at radius 2 is 2.17 bits per heavy atom. The molecule has 3 rings (SSSR count). The van der Waals surface area contributed by atoms with E-state index in [0.717, 1.165) is 15.8 Å². The highest BCUT2D eigenvalue weighted by atomic mass is 32.1. The quantitative estimate of drug-likeness (QED) is 0.696. The zero-order valence-corrected chi connectivity index (χ0v) is 13.3. The van der Waals surface area contributed by atoms with Crippen molar-refractivity contribution in [1.82, 2.24) is 9.55 Å². The molecule has 2 aromatic heterocycles. The number of anilines is 2. The van der Waals surface area contributed by atoms with Crippen molar-refractivity contribution in [3.63, 3.8) is 0 Å². The summed E-state index contributed by atoms with van der Waals surface area (Å²) in [6, 6.07) is 5.72. The van der Waals surface area contributed by atoms with Gasteiger partial charge in [0.2, 0.25) is 0 Å². The highest BCUT2D eigenvalue weighted by Crippen LogP contribution is 2.31. The zero-order valence-electron chi connectivity index (χ0n) is 12.5. The van der Waals surface area contributed by atoms with Gasteiger partial charge in [0.15, 0.2) is 10.8 Å². The van der Waals surface area contributed by atoms with Crippen molar-refractivity contribution in [2.24, 2.45) is 0 Å². The molecule has 0 atom stereocenters. The molecule has 0 aliphatic heterocycles. The molecule has 0 aliphatic rings. The van der Waals surface area contributed by atoms with Gasteiger partial charge in [0.25, 0.3) is 0 Å². The second-order valence-corrected chi connectivity index (χ2v) is 6.00. The smallest absolute Gasteiger partial charge is 0.357 e. The fourth-order valence-corrected chi connectivity index (χ4v) is 3.26. The Morgan fingerprint density at radius 3 is 2.83 bits per heavy atom. The molecule has 0 amide bonds. The Kier molecular flexibility index (Phi) is 3.42. The number of fused-ring (bicyclic) bond motifs is 1. The minimum Gasteiger partial charge on any atom is -0.464 e. The number of rotatable bonds is 2. The molecule has 1 aromatic carbocycles. The van der Waals surface area contributed by atoms with Crippen LogP contribution in [0, 0.1) is 18.3 Å². The van der Waals surface area contributed by atoms with Crippen LogP contribution in [0.25, 0.3) is 15.9 Å². The highest BCUT2D eigenvalue weighted by molar-refractivity contribution is 7.22. The average Bonchev–Trinajstić information content (AvgIpc) is 3.04. The van der Waals surface area contributed by atoms with Gasteiger partial charge in [-0.25, -0.2) is 9.78 Å². The Bertz CT molecular complexity index is 980. The molecule has 3 aromatic rings. The number of nitrogens with two attached hydrogens (primary N) is 2. The minimum absolute atomic E-state index is 0.0941. The van der Waals surface area contributed by atoms with Crippen molar-refractivity contribution < 1.29 is 9.53 Å². The molecule has 23 heavy (non-hydrogen) atoms. The molecule has 8 heteroatoms. The van der Waals surface area contributed by atoms with Gasteiger partial charge in [-0.15, -0.1) is 0 Å². The van der Waals surface area contributed by atoms with Crippen LogP contribution in [0.5, 0.6) is 0 Å². The summed E-state index contributed by atoms with van der Waals surface area (Å²) >= 11 is 1.39. The van der Waals surface area contributed by atoms with Gasteiger partial charge in [0.1, 0.15) is 6.07 Å². The summed E-state index contributed by atoms with van der Waals surface area (Å²) in [6.07, 6.45) is 1.52. The van der Waals surface area contributed by atoms with E-state index in [1.165, 1.54) is 24.6 Å². The minimum atomic E-state index is -0.610. The number of thiazole rings is 1. The van der Waals surface area contributed by atoms with Crippen LogP contribution < -0.4 is 11.5 Å². The number of hydrogen-bond donors (Lipinski definition) is 2. The van der Waals surface area contributed by atoms with Gasteiger partial charge in [0, 0.05) is 6.20 Å². The third-order valence-electron chi connectivity index (χ3n) is 3.53. The standard InChI is InChI=1S/C15H13N5O2S/c1-7-3-11-9(19-15(18)23-11)4-10(7)20-6-8(5-16)12(17)13(20)14(21)22-2/h3-4,6H,17H2,1-2H3,(H2,18,19). The Morgan fingerprint density at radius 1 is 1.43 bits per heavy atom. The van der Waals surface area contributed by atoms with Crippen LogP contribution in [0.3, 0.4) is 0 Å². The Hall–Kier alpha value is -3.05. The molecule has 4 N–H and O–H groups in total. The van der Waals surface area contributed by atoms with Gasteiger partial charge in [-0.1, -0.05) is 11.3 Å². The molecular weight excluding hydrogens is 314 g/mol. The van der Waals surface area contributed by atoms with Crippen LogP contribution in [-0.4, -0.2) is 22.6 Å². The molecule has 116 valence electrons.